The molecule has 2 heterocycles. The van der Waals surface area contributed by atoms with E-state index in [0.29, 0.717) is 11.7 Å². The number of anilines is 2. The molecule has 0 bridgehead atoms. The van der Waals surface area contributed by atoms with Crippen LogP contribution in [0.5, 0.6) is 0 Å². The number of hydrogen-bond donors (Lipinski definition) is 2. The Labute approximate surface area is 176 Å². The largest absolute Gasteiger partial charge is 0.478 e. The van der Waals surface area contributed by atoms with E-state index in [1.807, 2.05) is 41.2 Å². The fraction of sp³-hybridized carbons (Fsp3) is 0.348. The van der Waals surface area contributed by atoms with Crippen LogP contribution in [0.3, 0.4) is 0 Å². The number of hydrogen-bond acceptors (Lipinski definition) is 5. The van der Waals surface area contributed by atoms with Gasteiger partial charge < -0.3 is 15.3 Å². The molecule has 1 aliphatic rings. The third-order valence-corrected chi connectivity index (χ3v) is 5.93. The molecule has 0 unspecified atom stereocenters. The summed E-state index contributed by atoms with van der Waals surface area (Å²) >= 11 is 0. The topological polar surface area (TPSA) is 83.3 Å². The predicted octanol–water partition coefficient (Wildman–Crippen LogP) is 4.43. The highest BCUT2D eigenvalue weighted by molar-refractivity contribution is 5.95. The normalized spacial score (nSPS) is 19.0. The van der Waals surface area contributed by atoms with Crippen molar-refractivity contribution in [3.8, 4) is 11.1 Å². The summed E-state index contributed by atoms with van der Waals surface area (Å²) in [5.74, 6) is -0.177. The second-order valence-corrected chi connectivity index (χ2v) is 7.99. The van der Waals surface area contributed by atoms with Gasteiger partial charge in [0, 0.05) is 17.8 Å². The summed E-state index contributed by atoms with van der Waals surface area (Å²) in [5.41, 5.74) is 2.64. The standard InChI is InChI=1S/C23H27N5O2/c1-27(2)17-8-10-18(11-9-17)28-22(20(14-25-28)16-6-4-3-5-7-16)26-21-15-24-13-12-19(21)23(29)30/h3-7,12-15,17-18,26H,8-11H2,1-2H3,(H,29,30)/t17-,18+. The van der Waals surface area contributed by atoms with E-state index in [9.17, 15) is 9.90 Å². The molecule has 7 nitrogen and oxygen atoms in total. The van der Waals surface area contributed by atoms with Crippen LogP contribution in [0.4, 0.5) is 11.5 Å². The quantitative estimate of drug-likeness (QED) is 0.631. The fourth-order valence-electron chi connectivity index (χ4n) is 4.22. The van der Waals surface area contributed by atoms with Crippen molar-refractivity contribution in [2.24, 2.45) is 0 Å². The highest BCUT2D eigenvalue weighted by Gasteiger charge is 2.27. The Balaban J connectivity index is 1.72. The average molecular weight is 406 g/mol. The molecule has 2 aromatic heterocycles. The monoisotopic (exact) mass is 405 g/mol. The van der Waals surface area contributed by atoms with Gasteiger partial charge in [-0.05, 0) is 51.4 Å². The first-order chi connectivity index (χ1) is 14.5. The summed E-state index contributed by atoms with van der Waals surface area (Å²) in [4.78, 5) is 18.1. The zero-order valence-electron chi connectivity index (χ0n) is 17.3. The lowest BCUT2D eigenvalue weighted by atomic mass is 9.90. The van der Waals surface area contributed by atoms with Crippen LogP contribution in [-0.4, -0.2) is 50.9 Å². The number of aromatic nitrogens is 3. The zero-order chi connectivity index (χ0) is 21.1. The van der Waals surface area contributed by atoms with Crippen molar-refractivity contribution in [1.29, 1.82) is 0 Å². The minimum absolute atomic E-state index is 0.188. The molecule has 0 saturated heterocycles. The van der Waals surface area contributed by atoms with E-state index in [4.69, 9.17) is 5.10 Å². The van der Waals surface area contributed by atoms with Crippen molar-refractivity contribution in [2.75, 3.05) is 19.4 Å². The van der Waals surface area contributed by atoms with E-state index in [1.165, 1.54) is 12.3 Å². The molecule has 156 valence electrons. The number of carbonyl (C=O) groups is 1. The van der Waals surface area contributed by atoms with Gasteiger partial charge in [-0.1, -0.05) is 30.3 Å². The molecule has 0 radical (unpaired) electrons. The Morgan fingerprint density at radius 3 is 2.50 bits per heavy atom. The third kappa shape index (κ3) is 4.07. The summed E-state index contributed by atoms with van der Waals surface area (Å²) in [6.07, 6.45) is 9.21. The van der Waals surface area contributed by atoms with Crippen LogP contribution in [0.15, 0.2) is 55.0 Å². The van der Waals surface area contributed by atoms with E-state index in [-0.39, 0.29) is 11.6 Å². The van der Waals surface area contributed by atoms with E-state index in [2.05, 4.69) is 29.3 Å². The lowest BCUT2D eigenvalue weighted by molar-refractivity contribution is 0.0698. The first kappa shape index (κ1) is 20.1. The Morgan fingerprint density at radius 2 is 1.83 bits per heavy atom. The summed E-state index contributed by atoms with van der Waals surface area (Å²) in [6, 6.07) is 12.4. The van der Waals surface area contributed by atoms with Gasteiger partial charge in [0.25, 0.3) is 0 Å². The summed E-state index contributed by atoms with van der Waals surface area (Å²) in [7, 11) is 4.27. The lowest BCUT2D eigenvalue weighted by Gasteiger charge is -2.33. The number of benzene rings is 1. The van der Waals surface area contributed by atoms with Crippen LogP contribution in [0.1, 0.15) is 42.1 Å². The minimum Gasteiger partial charge on any atom is -0.478 e. The first-order valence-corrected chi connectivity index (χ1v) is 10.3. The van der Waals surface area contributed by atoms with Gasteiger partial charge >= 0.3 is 5.97 Å². The van der Waals surface area contributed by atoms with Gasteiger partial charge in [-0.3, -0.25) is 4.98 Å². The fourth-order valence-corrected chi connectivity index (χ4v) is 4.22. The number of nitrogens with zero attached hydrogens (tertiary/aromatic N) is 4. The maximum absolute atomic E-state index is 11.7. The molecule has 1 fully saturated rings. The molecule has 1 aliphatic carbocycles. The highest BCUT2D eigenvalue weighted by Crippen LogP contribution is 2.37. The second kappa shape index (κ2) is 8.67. The Bertz CT molecular complexity index is 1010. The molecule has 30 heavy (non-hydrogen) atoms. The maximum Gasteiger partial charge on any atom is 0.337 e. The van der Waals surface area contributed by atoms with E-state index >= 15 is 0 Å². The van der Waals surface area contributed by atoms with Crippen LogP contribution >= 0.6 is 0 Å². The van der Waals surface area contributed by atoms with Crippen molar-refractivity contribution in [2.45, 2.75) is 37.8 Å². The molecule has 0 amide bonds. The van der Waals surface area contributed by atoms with Gasteiger partial charge in [-0.15, -0.1) is 0 Å². The smallest absolute Gasteiger partial charge is 0.337 e. The van der Waals surface area contributed by atoms with Gasteiger partial charge in [0.15, 0.2) is 0 Å². The molecule has 0 aliphatic heterocycles. The Kier molecular flexibility index (Phi) is 5.81. The second-order valence-electron chi connectivity index (χ2n) is 7.99. The molecule has 0 atom stereocenters. The van der Waals surface area contributed by atoms with Crippen LogP contribution in [0, 0.1) is 0 Å². The summed E-state index contributed by atoms with van der Waals surface area (Å²) in [5, 5.41) is 17.7. The summed E-state index contributed by atoms with van der Waals surface area (Å²) < 4.78 is 2.03. The van der Waals surface area contributed by atoms with Crippen LogP contribution in [0.25, 0.3) is 11.1 Å². The first-order valence-electron chi connectivity index (χ1n) is 10.3. The SMILES string of the molecule is CN(C)[C@H]1CC[C@@H](n2ncc(-c3ccccc3)c2Nc2cnccc2C(=O)O)CC1. The lowest BCUT2D eigenvalue weighted by Crippen LogP contribution is -2.33. The minimum atomic E-state index is -0.987. The van der Waals surface area contributed by atoms with Gasteiger partial charge in [0.05, 0.1) is 29.7 Å². The van der Waals surface area contributed by atoms with Crippen LogP contribution < -0.4 is 5.32 Å². The van der Waals surface area contributed by atoms with Crippen molar-refractivity contribution in [1.82, 2.24) is 19.7 Å². The average Bonchev–Trinajstić information content (AvgIpc) is 3.18. The third-order valence-electron chi connectivity index (χ3n) is 5.93. The maximum atomic E-state index is 11.7. The van der Waals surface area contributed by atoms with Gasteiger partial charge in [-0.2, -0.15) is 5.10 Å². The number of nitrogens with one attached hydrogen (secondary N) is 1. The zero-order valence-corrected chi connectivity index (χ0v) is 17.3. The molecule has 7 heteroatoms. The summed E-state index contributed by atoms with van der Waals surface area (Å²) in [6.45, 7) is 0. The molecule has 1 aromatic carbocycles. The molecular formula is C23H27N5O2. The number of aromatic carboxylic acids is 1. The number of carboxylic acids is 1. The number of rotatable bonds is 6. The van der Waals surface area contributed by atoms with Crippen molar-refractivity contribution < 1.29 is 9.90 Å². The number of pyridine rings is 1. The van der Waals surface area contributed by atoms with E-state index < -0.39 is 5.97 Å². The Hall–Kier alpha value is -3.19. The highest BCUT2D eigenvalue weighted by atomic mass is 16.4. The molecule has 2 N–H and O–H groups in total. The van der Waals surface area contributed by atoms with E-state index in [0.717, 1.165) is 42.6 Å². The molecule has 1 saturated carbocycles. The van der Waals surface area contributed by atoms with E-state index in [1.54, 1.807) is 6.20 Å². The predicted molar refractivity (Wildman–Crippen MR) is 117 cm³/mol. The van der Waals surface area contributed by atoms with Crippen molar-refractivity contribution >= 4 is 17.5 Å². The molecule has 4 rings (SSSR count). The van der Waals surface area contributed by atoms with Gasteiger partial charge in [0.1, 0.15) is 5.82 Å². The van der Waals surface area contributed by atoms with Crippen LogP contribution in [0.2, 0.25) is 0 Å². The van der Waals surface area contributed by atoms with Crippen molar-refractivity contribution in [3.63, 3.8) is 0 Å². The number of carboxylic acid groups (broad SMARTS) is 1. The van der Waals surface area contributed by atoms with Gasteiger partial charge in [0.2, 0.25) is 0 Å². The van der Waals surface area contributed by atoms with Crippen molar-refractivity contribution in [3.05, 3.63) is 60.6 Å². The molecule has 3 aromatic rings. The Morgan fingerprint density at radius 1 is 1.10 bits per heavy atom. The molecular weight excluding hydrogens is 378 g/mol. The van der Waals surface area contributed by atoms with Gasteiger partial charge in [-0.25, -0.2) is 9.48 Å². The van der Waals surface area contributed by atoms with Crippen LogP contribution in [-0.2, 0) is 0 Å². The molecule has 0 spiro atoms.